The van der Waals surface area contributed by atoms with Gasteiger partial charge in [-0.15, -0.1) is 0 Å². The number of ether oxygens (including phenoxy) is 2. The second-order valence-corrected chi connectivity index (χ2v) is 9.08. The van der Waals surface area contributed by atoms with Gasteiger partial charge in [0, 0.05) is 5.69 Å². The minimum absolute atomic E-state index is 0.0584. The first-order valence-corrected chi connectivity index (χ1v) is 11.5. The Hall–Kier alpha value is -3.52. The van der Waals surface area contributed by atoms with Crippen LogP contribution in [0.5, 0.6) is 11.5 Å². The quantitative estimate of drug-likeness (QED) is 0.522. The highest BCUT2D eigenvalue weighted by Gasteiger charge is 2.18. The number of aryl methyl sites for hydroxylation is 2. The molecule has 8 heteroatoms. The van der Waals surface area contributed by atoms with Crippen molar-refractivity contribution in [1.82, 2.24) is 0 Å². The number of sulfonamides is 1. The SMILES string of the molecule is COc1ccc(C)cc1NS(=O)(=O)c1ccc(NC(=O)C(C)Oc2cccc(C)c2)cc1. The van der Waals surface area contributed by atoms with Crippen LogP contribution < -0.4 is 19.5 Å². The summed E-state index contributed by atoms with van der Waals surface area (Å²) in [6.45, 7) is 5.45. The Kier molecular flexibility index (Phi) is 7.05. The first-order valence-electron chi connectivity index (χ1n) is 9.99. The lowest BCUT2D eigenvalue weighted by Gasteiger charge is -2.15. The van der Waals surface area contributed by atoms with Crippen molar-refractivity contribution >= 4 is 27.3 Å². The van der Waals surface area contributed by atoms with Crippen molar-refractivity contribution in [2.75, 3.05) is 17.1 Å². The summed E-state index contributed by atoms with van der Waals surface area (Å²) in [5, 5.41) is 2.73. The van der Waals surface area contributed by atoms with Crippen LogP contribution in [-0.4, -0.2) is 27.5 Å². The molecule has 2 N–H and O–H groups in total. The number of hydrogen-bond acceptors (Lipinski definition) is 5. The van der Waals surface area contributed by atoms with Gasteiger partial charge >= 0.3 is 0 Å². The molecule has 32 heavy (non-hydrogen) atoms. The predicted octanol–water partition coefficient (Wildman–Crippen LogP) is 4.52. The molecule has 3 rings (SSSR count). The van der Waals surface area contributed by atoms with E-state index in [0.29, 0.717) is 22.9 Å². The minimum atomic E-state index is -3.84. The number of hydrogen-bond donors (Lipinski definition) is 2. The Bertz CT molecular complexity index is 1210. The van der Waals surface area contributed by atoms with Crippen molar-refractivity contribution < 1.29 is 22.7 Å². The zero-order valence-corrected chi connectivity index (χ0v) is 19.2. The van der Waals surface area contributed by atoms with Crippen molar-refractivity contribution in [3.8, 4) is 11.5 Å². The highest BCUT2D eigenvalue weighted by molar-refractivity contribution is 7.92. The van der Waals surface area contributed by atoms with E-state index < -0.39 is 16.1 Å². The van der Waals surface area contributed by atoms with E-state index in [1.807, 2.05) is 38.1 Å². The van der Waals surface area contributed by atoms with Crippen molar-refractivity contribution in [3.05, 3.63) is 77.9 Å². The van der Waals surface area contributed by atoms with Gasteiger partial charge in [0.2, 0.25) is 0 Å². The topological polar surface area (TPSA) is 93.7 Å². The smallest absolute Gasteiger partial charge is 0.265 e. The Labute approximate surface area is 188 Å². The van der Waals surface area contributed by atoms with Gasteiger partial charge in [0.05, 0.1) is 17.7 Å². The first kappa shape index (κ1) is 23.1. The fourth-order valence-corrected chi connectivity index (χ4v) is 4.07. The monoisotopic (exact) mass is 454 g/mol. The third kappa shape index (κ3) is 5.79. The normalized spacial score (nSPS) is 12.0. The summed E-state index contributed by atoms with van der Waals surface area (Å²) in [6, 6.07) is 18.6. The van der Waals surface area contributed by atoms with Crippen LogP contribution in [0.2, 0.25) is 0 Å². The molecule has 168 valence electrons. The third-order valence-electron chi connectivity index (χ3n) is 4.70. The molecule has 0 fully saturated rings. The molecule has 0 heterocycles. The Balaban J connectivity index is 1.67. The number of benzene rings is 3. The van der Waals surface area contributed by atoms with Crippen LogP contribution in [0, 0.1) is 13.8 Å². The third-order valence-corrected chi connectivity index (χ3v) is 6.08. The molecule has 0 bridgehead atoms. The van der Waals surface area contributed by atoms with Gasteiger partial charge in [-0.1, -0.05) is 18.2 Å². The van der Waals surface area contributed by atoms with E-state index in [9.17, 15) is 13.2 Å². The Morgan fingerprint density at radius 3 is 2.28 bits per heavy atom. The summed E-state index contributed by atoms with van der Waals surface area (Å²) in [5.74, 6) is 0.683. The van der Waals surface area contributed by atoms with Gasteiger partial charge in [0.1, 0.15) is 11.5 Å². The highest BCUT2D eigenvalue weighted by atomic mass is 32.2. The lowest BCUT2D eigenvalue weighted by Crippen LogP contribution is -2.30. The minimum Gasteiger partial charge on any atom is -0.495 e. The summed E-state index contributed by atoms with van der Waals surface area (Å²) >= 11 is 0. The number of rotatable bonds is 8. The van der Waals surface area contributed by atoms with Gasteiger partial charge in [-0.05, 0) is 80.4 Å². The maximum Gasteiger partial charge on any atom is 0.265 e. The number of methoxy groups -OCH3 is 1. The zero-order chi connectivity index (χ0) is 23.3. The van der Waals surface area contributed by atoms with Crippen molar-refractivity contribution in [2.24, 2.45) is 0 Å². The first-order chi connectivity index (χ1) is 15.2. The molecule has 0 saturated carbocycles. The zero-order valence-electron chi connectivity index (χ0n) is 18.4. The summed E-state index contributed by atoms with van der Waals surface area (Å²) < 4.78 is 39.0. The van der Waals surface area contributed by atoms with E-state index in [1.54, 1.807) is 25.1 Å². The molecule has 0 radical (unpaired) electrons. The largest absolute Gasteiger partial charge is 0.495 e. The molecule has 1 unspecified atom stereocenters. The van der Waals surface area contributed by atoms with Crippen LogP contribution in [0.15, 0.2) is 71.6 Å². The molecule has 0 aromatic heterocycles. The molecule has 0 saturated heterocycles. The van der Waals surface area contributed by atoms with Gasteiger partial charge in [0.25, 0.3) is 15.9 Å². The molecule has 0 spiro atoms. The summed E-state index contributed by atoms with van der Waals surface area (Å²) in [7, 11) is -2.36. The van der Waals surface area contributed by atoms with Gasteiger partial charge in [0.15, 0.2) is 6.10 Å². The van der Waals surface area contributed by atoms with Gasteiger partial charge in [-0.3, -0.25) is 9.52 Å². The van der Waals surface area contributed by atoms with Crippen LogP contribution >= 0.6 is 0 Å². The molecule has 1 amide bonds. The predicted molar refractivity (Wildman–Crippen MR) is 125 cm³/mol. The van der Waals surface area contributed by atoms with E-state index in [0.717, 1.165) is 11.1 Å². The fraction of sp³-hybridized carbons (Fsp3) is 0.208. The van der Waals surface area contributed by atoms with E-state index in [1.165, 1.54) is 31.4 Å². The molecule has 1 atom stereocenters. The molecule has 3 aromatic rings. The summed E-state index contributed by atoms with van der Waals surface area (Å²) in [4.78, 5) is 12.5. The summed E-state index contributed by atoms with van der Waals surface area (Å²) in [5.41, 5.74) is 2.74. The van der Waals surface area contributed by atoms with E-state index in [-0.39, 0.29) is 10.8 Å². The van der Waals surface area contributed by atoms with Gasteiger partial charge in [-0.25, -0.2) is 8.42 Å². The van der Waals surface area contributed by atoms with Gasteiger partial charge < -0.3 is 14.8 Å². The van der Waals surface area contributed by atoms with E-state index in [4.69, 9.17) is 9.47 Å². The average molecular weight is 455 g/mol. The lowest BCUT2D eigenvalue weighted by atomic mass is 10.2. The maximum atomic E-state index is 12.8. The number of nitrogens with one attached hydrogen (secondary N) is 2. The number of carbonyl (C=O) groups excluding carboxylic acids is 1. The summed E-state index contributed by atoms with van der Waals surface area (Å²) in [6.07, 6.45) is -0.726. The van der Waals surface area contributed by atoms with Gasteiger partial charge in [-0.2, -0.15) is 0 Å². The standard InChI is InChI=1S/C24H26N2O5S/c1-16-6-5-7-20(14-16)31-18(3)24(27)25-19-9-11-21(12-10-19)32(28,29)26-22-15-17(2)8-13-23(22)30-4/h5-15,18,26H,1-4H3,(H,25,27). The molecule has 7 nitrogen and oxygen atoms in total. The maximum absolute atomic E-state index is 12.8. The molecular formula is C24H26N2O5S. The van der Waals surface area contributed by atoms with Crippen LogP contribution in [0.3, 0.4) is 0 Å². The van der Waals surface area contributed by atoms with Crippen molar-refractivity contribution in [1.29, 1.82) is 0 Å². The Morgan fingerprint density at radius 2 is 1.62 bits per heavy atom. The molecule has 0 aliphatic carbocycles. The van der Waals surface area contributed by atoms with Crippen molar-refractivity contribution in [3.63, 3.8) is 0 Å². The number of anilines is 2. The van der Waals surface area contributed by atoms with E-state index in [2.05, 4.69) is 10.0 Å². The second kappa shape index (κ2) is 9.74. The average Bonchev–Trinajstić information content (AvgIpc) is 2.74. The Morgan fingerprint density at radius 1 is 0.938 bits per heavy atom. The molecule has 0 aliphatic rings. The van der Waals surface area contributed by atoms with Crippen LogP contribution in [-0.2, 0) is 14.8 Å². The second-order valence-electron chi connectivity index (χ2n) is 7.40. The van der Waals surface area contributed by atoms with Crippen LogP contribution in [0.25, 0.3) is 0 Å². The molecule has 0 aliphatic heterocycles. The molecular weight excluding hydrogens is 428 g/mol. The van der Waals surface area contributed by atoms with Crippen LogP contribution in [0.4, 0.5) is 11.4 Å². The van der Waals surface area contributed by atoms with Crippen LogP contribution in [0.1, 0.15) is 18.1 Å². The number of amides is 1. The molecule has 3 aromatic carbocycles. The lowest BCUT2D eigenvalue weighted by molar-refractivity contribution is -0.122. The fourth-order valence-electron chi connectivity index (χ4n) is 3.01. The van der Waals surface area contributed by atoms with Crippen molar-refractivity contribution in [2.45, 2.75) is 31.8 Å². The number of carbonyl (C=O) groups is 1. The highest BCUT2D eigenvalue weighted by Crippen LogP contribution is 2.28. The van der Waals surface area contributed by atoms with E-state index >= 15 is 0 Å².